The molecule has 0 amide bonds. The van der Waals surface area contributed by atoms with Crippen molar-refractivity contribution in [2.75, 3.05) is 19.7 Å². The van der Waals surface area contributed by atoms with Crippen molar-refractivity contribution >= 4 is 0 Å². The van der Waals surface area contributed by atoms with Gasteiger partial charge in [-0.05, 0) is 43.6 Å². The summed E-state index contributed by atoms with van der Waals surface area (Å²) in [6.45, 7) is 2.73. The van der Waals surface area contributed by atoms with Gasteiger partial charge >= 0.3 is 0 Å². The van der Waals surface area contributed by atoms with Gasteiger partial charge in [-0.25, -0.2) is 0 Å². The summed E-state index contributed by atoms with van der Waals surface area (Å²) in [6, 6.07) is 3.91. The maximum Gasteiger partial charge on any atom is 0.228 e. The van der Waals surface area contributed by atoms with E-state index in [0.717, 1.165) is 31.5 Å². The van der Waals surface area contributed by atoms with Crippen LogP contribution in [0.15, 0.2) is 29.0 Å². The predicted octanol–water partition coefficient (Wildman–Crippen LogP) is 1.37. The largest absolute Gasteiger partial charge is 0.378 e. The second kappa shape index (κ2) is 7.28. The van der Waals surface area contributed by atoms with Gasteiger partial charge in [0.1, 0.15) is 0 Å². The van der Waals surface area contributed by atoms with Gasteiger partial charge in [0.2, 0.25) is 5.89 Å². The second-order valence-electron chi connectivity index (χ2n) is 5.21. The first-order valence-electron chi connectivity index (χ1n) is 7.43. The first-order chi connectivity index (χ1) is 10.4. The summed E-state index contributed by atoms with van der Waals surface area (Å²) >= 11 is 0. The lowest BCUT2D eigenvalue weighted by Crippen LogP contribution is -2.32. The third kappa shape index (κ3) is 4.34. The summed E-state index contributed by atoms with van der Waals surface area (Å²) in [4.78, 5) is 8.39. The average Bonchev–Trinajstić information content (AvgIpc) is 2.97. The molecule has 6 heteroatoms. The molecule has 1 fully saturated rings. The second-order valence-corrected chi connectivity index (χ2v) is 5.21. The van der Waals surface area contributed by atoms with Crippen LogP contribution in [0.4, 0.5) is 0 Å². The van der Waals surface area contributed by atoms with Gasteiger partial charge < -0.3 is 14.6 Å². The van der Waals surface area contributed by atoms with Crippen molar-refractivity contribution in [3.05, 3.63) is 41.8 Å². The highest BCUT2D eigenvalue weighted by molar-refractivity contribution is 5.14. The SMILES string of the molecule is c1cc(Cc2noc(CCOC3CCNCC3)n2)ccn1. The number of pyridine rings is 1. The van der Waals surface area contributed by atoms with Crippen LogP contribution in [0, 0.1) is 0 Å². The van der Waals surface area contributed by atoms with E-state index in [1.165, 1.54) is 0 Å². The number of nitrogens with zero attached hydrogens (tertiary/aromatic N) is 3. The van der Waals surface area contributed by atoms with Crippen LogP contribution in [0.1, 0.15) is 30.1 Å². The maximum absolute atomic E-state index is 5.84. The van der Waals surface area contributed by atoms with Gasteiger partial charge in [-0.2, -0.15) is 4.98 Å². The molecule has 0 radical (unpaired) electrons. The molecular formula is C15H20N4O2. The molecule has 0 aromatic carbocycles. The van der Waals surface area contributed by atoms with E-state index < -0.39 is 0 Å². The summed E-state index contributed by atoms with van der Waals surface area (Å²) in [7, 11) is 0. The van der Waals surface area contributed by atoms with Crippen LogP contribution in [0.3, 0.4) is 0 Å². The number of hydrogen-bond donors (Lipinski definition) is 1. The molecule has 1 N–H and O–H groups in total. The molecule has 0 unspecified atom stereocenters. The smallest absolute Gasteiger partial charge is 0.228 e. The molecule has 3 rings (SSSR count). The Hall–Kier alpha value is -1.79. The molecule has 0 saturated carbocycles. The molecule has 3 heterocycles. The molecule has 1 saturated heterocycles. The third-order valence-corrected chi connectivity index (χ3v) is 3.58. The van der Waals surface area contributed by atoms with Crippen molar-refractivity contribution in [3.63, 3.8) is 0 Å². The van der Waals surface area contributed by atoms with Crippen LogP contribution in [-0.2, 0) is 17.6 Å². The van der Waals surface area contributed by atoms with E-state index in [0.29, 0.717) is 37.3 Å². The van der Waals surface area contributed by atoms with Crippen molar-refractivity contribution in [1.29, 1.82) is 0 Å². The molecule has 112 valence electrons. The van der Waals surface area contributed by atoms with Crippen molar-refractivity contribution < 1.29 is 9.26 Å². The van der Waals surface area contributed by atoms with Crippen molar-refractivity contribution in [2.24, 2.45) is 0 Å². The van der Waals surface area contributed by atoms with E-state index in [1.807, 2.05) is 12.1 Å². The van der Waals surface area contributed by atoms with Crippen molar-refractivity contribution in [3.8, 4) is 0 Å². The zero-order chi connectivity index (χ0) is 14.3. The Morgan fingerprint density at radius 1 is 1.24 bits per heavy atom. The van der Waals surface area contributed by atoms with Gasteiger partial charge in [-0.15, -0.1) is 0 Å². The summed E-state index contributed by atoms with van der Waals surface area (Å²) < 4.78 is 11.1. The molecule has 0 spiro atoms. The van der Waals surface area contributed by atoms with E-state index in [1.54, 1.807) is 12.4 Å². The van der Waals surface area contributed by atoms with Crippen LogP contribution < -0.4 is 5.32 Å². The minimum atomic E-state index is 0.366. The number of hydrogen-bond acceptors (Lipinski definition) is 6. The van der Waals surface area contributed by atoms with Gasteiger partial charge in [0.05, 0.1) is 19.1 Å². The first-order valence-corrected chi connectivity index (χ1v) is 7.43. The lowest BCUT2D eigenvalue weighted by atomic mass is 10.1. The Bertz CT molecular complexity index is 538. The molecule has 6 nitrogen and oxygen atoms in total. The topological polar surface area (TPSA) is 73.1 Å². The minimum Gasteiger partial charge on any atom is -0.378 e. The standard InChI is InChI=1S/C15H20N4O2/c1-6-16-7-2-12(1)11-14-18-15(21-19-14)5-10-20-13-3-8-17-9-4-13/h1-2,6-7,13,17H,3-5,8-11H2. The van der Waals surface area contributed by atoms with E-state index in [2.05, 4.69) is 20.4 Å². The highest BCUT2D eigenvalue weighted by Crippen LogP contribution is 2.09. The fraction of sp³-hybridized carbons (Fsp3) is 0.533. The van der Waals surface area contributed by atoms with Crippen molar-refractivity contribution in [2.45, 2.75) is 31.8 Å². The zero-order valence-electron chi connectivity index (χ0n) is 12.0. The minimum absolute atomic E-state index is 0.366. The monoisotopic (exact) mass is 288 g/mol. The normalized spacial score (nSPS) is 16.2. The molecule has 0 aliphatic carbocycles. The number of nitrogens with one attached hydrogen (secondary N) is 1. The molecule has 2 aromatic heterocycles. The van der Waals surface area contributed by atoms with Crippen LogP contribution in [0.2, 0.25) is 0 Å². The molecule has 1 aliphatic rings. The van der Waals surface area contributed by atoms with Gasteiger partial charge in [0, 0.05) is 18.8 Å². The lowest BCUT2D eigenvalue weighted by Gasteiger charge is -2.22. The predicted molar refractivity (Wildman–Crippen MR) is 76.9 cm³/mol. The van der Waals surface area contributed by atoms with E-state index in [9.17, 15) is 0 Å². The van der Waals surface area contributed by atoms with Crippen LogP contribution >= 0.6 is 0 Å². The Morgan fingerprint density at radius 3 is 2.86 bits per heavy atom. The average molecular weight is 288 g/mol. The van der Waals surface area contributed by atoms with Crippen molar-refractivity contribution in [1.82, 2.24) is 20.4 Å². The van der Waals surface area contributed by atoms with Gasteiger partial charge in [-0.1, -0.05) is 5.16 Å². The summed E-state index contributed by atoms with van der Waals surface area (Å²) in [5.74, 6) is 1.35. The summed E-state index contributed by atoms with van der Waals surface area (Å²) in [6.07, 6.45) is 7.40. The number of ether oxygens (including phenoxy) is 1. The van der Waals surface area contributed by atoms with E-state index in [4.69, 9.17) is 9.26 Å². The number of piperidine rings is 1. The molecular weight excluding hydrogens is 268 g/mol. The van der Waals surface area contributed by atoms with Gasteiger partial charge in [-0.3, -0.25) is 4.98 Å². The molecule has 21 heavy (non-hydrogen) atoms. The molecule has 0 atom stereocenters. The van der Waals surface area contributed by atoms with Crippen LogP contribution in [0.25, 0.3) is 0 Å². The fourth-order valence-electron chi connectivity index (χ4n) is 2.42. The summed E-state index contributed by atoms with van der Waals surface area (Å²) in [5.41, 5.74) is 1.13. The Kier molecular flexibility index (Phi) is 4.91. The Balaban J connectivity index is 1.44. The number of rotatable bonds is 6. The van der Waals surface area contributed by atoms with Crippen LogP contribution in [0.5, 0.6) is 0 Å². The van der Waals surface area contributed by atoms with Crippen LogP contribution in [-0.4, -0.2) is 40.9 Å². The molecule has 2 aromatic rings. The maximum atomic E-state index is 5.84. The van der Waals surface area contributed by atoms with E-state index >= 15 is 0 Å². The molecule has 1 aliphatic heterocycles. The lowest BCUT2D eigenvalue weighted by molar-refractivity contribution is 0.0322. The Labute approximate surface area is 123 Å². The Morgan fingerprint density at radius 2 is 2.05 bits per heavy atom. The van der Waals surface area contributed by atoms with E-state index in [-0.39, 0.29) is 0 Å². The third-order valence-electron chi connectivity index (χ3n) is 3.58. The quantitative estimate of drug-likeness (QED) is 0.865. The summed E-state index contributed by atoms with van der Waals surface area (Å²) in [5, 5.41) is 7.33. The first kappa shape index (κ1) is 14.2. The zero-order valence-corrected chi connectivity index (χ0v) is 12.0. The van der Waals surface area contributed by atoms with Gasteiger partial charge in [0.15, 0.2) is 5.82 Å². The fourth-order valence-corrected chi connectivity index (χ4v) is 2.42. The highest BCUT2D eigenvalue weighted by atomic mass is 16.5. The van der Waals surface area contributed by atoms with Gasteiger partial charge in [0.25, 0.3) is 0 Å². The molecule has 0 bridgehead atoms. The highest BCUT2D eigenvalue weighted by Gasteiger charge is 2.14. The number of aromatic nitrogens is 3.